The fourth-order valence-corrected chi connectivity index (χ4v) is 4.74. The van der Waals surface area contributed by atoms with Crippen LogP contribution in [0.3, 0.4) is 0 Å². The van der Waals surface area contributed by atoms with E-state index in [1.807, 2.05) is 39.6 Å². The normalized spacial score (nSPS) is 25.8. The van der Waals surface area contributed by atoms with E-state index in [1.165, 1.54) is 4.88 Å². The number of amides is 2. The lowest BCUT2D eigenvalue weighted by Gasteiger charge is -2.37. The predicted molar refractivity (Wildman–Crippen MR) is 90.8 cm³/mol. The molecule has 1 aliphatic carbocycles. The summed E-state index contributed by atoms with van der Waals surface area (Å²) in [6.45, 7) is 2.01. The van der Waals surface area contributed by atoms with Gasteiger partial charge in [-0.25, -0.2) is 0 Å². The van der Waals surface area contributed by atoms with Gasteiger partial charge in [-0.2, -0.15) is 0 Å². The number of rotatable bonds is 3. The summed E-state index contributed by atoms with van der Waals surface area (Å²) < 4.78 is 2.08. The van der Waals surface area contributed by atoms with Crippen LogP contribution in [0.15, 0.2) is 35.8 Å². The van der Waals surface area contributed by atoms with Gasteiger partial charge in [-0.3, -0.25) is 9.59 Å². The van der Waals surface area contributed by atoms with Gasteiger partial charge < -0.3 is 14.4 Å². The van der Waals surface area contributed by atoms with Gasteiger partial charge in [0.25, 0.3) is 5.91 Å². The van der Waals surface area contributed by atoms with Gasteiger partial charge >= 0.3 is 0 Å². The number of carbonyl (C=O) groups is 2. The number of hydrogen-bond acceptors (Lipinski definition) is 3. The Morgan fingerprint density at radius 1 is 1.17 bits per heavy atom. The highest BCUT2D eigenvalue weighted by atomic mass is 32.1. The lowest BCUT2D eigenvalue weighted by Crippen LogP contribution is -2.49. The molecule has 2 atom stereocenters. The van der Waals surface area contributed by atoms with Gasteiger partial charge in [0.2, 0.25) is 5.91 Å². The van der Waals surface area contributed by atoms with Gasteiger partial charge in [0.05, 0.1) is 18.6 Å². The lowest BCUT2D eigenvalue weighted by molar-refractivity contribution is -0.131. The maximum absolute atomic E-state index is 13.0. The summed E-state index contributed by atoms with van der Waals surface area (Å²) in [7, 11) is 0. The van der Waals surface area contributed by atoms with E-state index in [2.05, 4.69) is 10.6 Å². The highest BCUT2D eigenvalue weighted by Gasteiger charge is 2.48. The van der Waals surface area contributed by atoms with Crippen molar-refractivity contribution >= 4 is 23.2 Å². The molecule has 1 saturated carbocycles. The van der Waals surface area contributed by atoms with E-state index >= 15 is 0 Å². The first-order chi connectivity index (χ1) is 11.7. The summed E-state index contributed by atoms with van der Waals surface area (Å²) in [6, 6.07) is 8.17. The van der Waals surface area contributed by atoms with E-state index in [4.69, 9.17) is 0 Å². The second kappa shape index (κ2) is 5.21. The average molecular weight is 341 g/mol. The van der Waals surface area contributed by atoms with Crippen LogP contribution in [0, 0.1) is 5.92 Å². The van der Waals surface area contributed by atoms with Crippen molar-refractivity contribution in [3.05, 3.63) is 46.4 Å². The Labute approximate surface area is 144 Å². The number of hydrogen-bond donors (Lipinski definition) is 0. The van der Waals surface area contributed by atoms with Gasteiger partial charge in [0, 0.05) is 30.1 Å². The number of carbonyl (C=O) groups excluding carboxylic acids is 2. The quantitative estimate of drug-likeness (QED) is 0.860. The molecule has 2 aromatic heterocycles. The van der Waals surface area contributed by atoms with E-state index in [0.29, 0.717) is 13.1 Å². The van der Waals surface area contributed by atoms with Crippen molar-refractivity contribution in [3.63, 3.8) is 0 Å². The molecule has 0 radical (unpaired) electrons. The fourth-order valence-electron chi connectivity index (χ4n) is 4.04. The third-order valence-corrected chi connectivity index (χ3v) is 6.28. The Kier molecular flexibility index (Phi) is 3.10. The molecule has 124 valence electrons. The summed E-state index contributed by atoms with van der Waals surface area (Å²) in [5, 5.41) is 2.04. The first-order valence-corrected chi connectivity index (χ1v) is 9.39. The number of aromatic nitrogens is 1. The molecule has 2 fully saturated rings. The van der Waals surface area contributed by atoms with Crippen LogP contribution >= 0.6 is 11.3 Å². The van der Waals surface area contributed by atoms with Crippen LogP contribution < -0.4 is 0 Å². The summed E-state index contributed by atoms with van der Waals surface area (Å²) >= 11 is 1.68. The zero-order chi connectivity index (χ0) is 16.3. The van der Waals surface area contributed by atoms with Gasteiger partial charge in [-0.1, -0.05) is 6.07 Å². The van der Waals surface area contributed by atoms with E-state index in [0.717, 1.165) is 25.1 Å². The van der Waals surface area contributed by atoms with Gasteiger partial charge in [-0.15, -0.1) is 11.3 Å². The van der Waals surface area contributed by atoms with Gasteiger partial charge in [-0.05, 0) is 36.4 Å². The van der Waals surface area contributed by atoms with Crippen molar-refractivity contribution in [1.82, 2.24) is 14.4 Å². The van der Waals surface area contributed by atoms with Crippen molar-refractivity contribution < 1.29 is 9.59 Å². The topological polar surface area (TPSA) is 45.6 Å². The van der Waals surface area contributed by atoms with Crippen LogP contribution in [-0.4, -0.2) is 45.3 Å². The molecule has 1 saturated heterocycles. The predicted octanol–water partition coefficient (Wildman–Crippen LogP) is 2.37. The Balaban J connectivity index is 1.49. The molecule has 6 heteroatoms. The molecule has 4 heterocycles. The third-order valence-electron chi connectivity index (χ3n) is 5.42. The molecule has 24 heavy (non-hydrogen) atoms. The number of thiophene rings is 1. The molecule has 3 aliphatic rings. The number of likely N-dealkylation sites (tertiary alicyclic amines) is 1. The molecule has 2 amide bonds. The van der Waals surface area contributed by atoms with Crippen molar-refractivity contribution in [3.8, 4) is 0 Å². The third kappa shape index (κ3) is 2.13. The maximum atomic E-state index is 13.0. The molecule has 0 spiro atoms. The summed E-state index contributed by atoms with van der Waals surface area (Å²) in [4.78, 5) is 30.6. The monoisotopic (exact) mass is 341 g/mol. The fraction of sp³-hybridized carbons (Fsp3) is 0.444. The SMILES string of the molecule is O=C(C1CC1)N1C[C@@H]2[C@H](C1)n1cccc1C(=O)N2Cc1cccs1. The lowest BCUT2D eigenvalue weighted by atomic mass is 10.1. The van der Waals surface area contributed by atoms with E-state index in [-0.39, 0.29) is 29.8 Å². The van der Waals surface area contributed by atoms with Crippen LogP contribution in [0.2, 0.25) is 0 Å². The van der Waals surface area contributed by atoms with Crippen LogP contribution in [0.4, 0.5) is 0 Å². The average Bonchev–Trinajstić information content (AvgIpc) is 3.01. The zero-order valence-corrected chi connectivity index (χ0v) is 14.1. The second-order valence-electron chi connectivity index (χ2n) is 6.97. The second-order valence-corrected chi connectivity index (χ2v) is 8.00. The van der Waals surface area contributed by atoms with Crippen LogP contribution in [-0.2, 0) is 11.3 Å². The van der Waals surface area contributed by atoms with Crippen molar-refractivity contribution in [2.24, 2.45) is 5.92 Å². The van der Waals surface area contributed by atoms with Crippen LogP contribution in [0.25, 0.3) is 0 Å². The smallest absolute Gasteiger partial charge is 0.271 e. The molecule has 0 N–H and O–H groups in total. The zero-order valence-electron chi connectivity index (χ0n) is 13.3. The Hall–Kier alpha value is -2.08. The van der Waals surface area contributed by atoms with Gasteiger partial charge in [0.15, 0.2) is 0 Å². The van der Waals surface area contributed by atoms with E-state index < -0.39 is 0 Å². The largest absolute Gasteiger partial charge is 0.338 e. The van der Waals surface area contributed by atoms with Crippen molar-refractivity contribution in [2.45, 2.75) is 31.5 Å². The molecule has 5 rings (SSSR count). The van der Waals surface area contributed by atoms with Crippen LogP contribution in [0.5, 0.6) is 0 Å². The minimum atomic E-state index is 0.0715. The van der Waals surface area contributed by atoms with Crippen LogP contribution in [0.1, 0.15) is 34.2 Å². The van der Waals surface area contributed by atoms with E-state index in [9.17, 15) is 9.59 Å². The first-order valence-electron chi connectivity index (χ1n) is 8.51. The Morgan fingerprint density at radius 2 is 2.00 bits per heavy atom. The molecular formula is C18H19N3O2S. The molecule has 0 aromatic carbocycles. The minimum absolute atomic E-state index is 0.0715. The molecule has 5 nitrogen and oxygen atoms in total. The Morgan fingerprint density at radius 3 is 2.75 bits per heavy atom. The molecule has 0 bridgehead atoms. The van der Waals surface area contributed by atoms with Gasteiger partial charge in [0.1, 0.15) is 5.69 Å². The standard InChI is InChI=1S/C18H19N3O2S/c22-17(12-5-6-12)19-10-15-16(11-19)21(9-13-3-2-8-24-13)18(23)14-4-1-7-20(14)15/h1-4,7-8,12,15-16H,5-6,9-11H2/t15-,16+/m0/s1. The molecule has 2 aliphatic heterocycles. The highest BCUT2D eigenvalue weighted by molar-refractivity contribution is 7.09. The molecule has 0 unspecified atom stereocenters. The highest BCUT2D eigenvalue weighted by Crippen LogP contribution is 2.38. The molecular weight excluding hydrogens is 322 g/mol. The minimum Gasteiger partial charge on any atom is -0.338 e. The number of fused-ring (bicyclic) bond motifs is 3. The Bertz CT molecular complexity index is 793. The van der Waals surface area contributed by atoms with Crippen molar-refractivity contribution in [1.29, 1.82) is 0 Å². The van der Waals surface area contributed by atoms with Crippen molar-refractivity contribution in [2.75, 3.05) is 13.1 Å². The maximum Gasteiger partial charge on any atom is 0.271 e. The summed E-state index contributed by atoms with van der Waals surface area (Å²) in [5.41, 5.74) is 0.744. The summed E-state index contributed by atoms with van der Waals surface area (Å²) in [6.07, 6.45) is 4.03. The molecule has 2 aromatic rings. The number of nitrogens with zero attached hydrogens (tertiary/aromatic N) is 3. The van der Waals surface area contributed by atoms with E-state index in [1.54, 1.807) is 11.3 Å². The summed E-state index contributed by atoms with van der Waals surface area (Å²) in [5.74, 6) is 0.590. The first kappa shape index (κ1) is 14.3.